The van der Waals surface area contributed by atoms with E-state index in [1.54, 1.807) is 20.1 Å². The fraction of sp³-hybridized carbons (Fsp3) is 0.200. The highest BCUT2D eigenvalue weighted by Gasteiger charge is 2.20. The number of H-pyrrole nitrogens is 1. The van der Waals surface area contributed by atoms with Crippen molar-refractivity contribution < 1.29 is 18.7 Å². The van der Waals surface area contributed by atoms with Gasteiger partial charge in [0.1, 0.15) is 11.5 Å². The predicted molar refractivity (Wildman–Crippen MR) is 122 cm³/mol. The number of fused-ring (bicyclic) bond motifs is 1. The summed E-state index contributed by atoms with van der Waals surface area (Å²) in [7, 11) is 1.63. The van der Waals surface area contributed by atoms with Gasteiger partial charge in [0.25, 0.3) is 5.91 Å². The Kier molecular flexibility index (Phi) is 6.26. The third-order valence-corrected chi connectivity index (χ3v) is 5.53. The van der Waals surface area contributed by atoms with E-state index in [1.165, 1.54) is 6.26 Å². The summed E-state index contributed by atoms with van der Waals surface area (Å²) in [5, 5.41) is 6.69. The number of aryl methyl sites for hydroxylation is 1. The Morgan fingerprint density at radius 3 is 2.56 bits per heavy atom. The number of benzene rings is 2. The molecule has 0 saturated carbocycles. The molecule has 7 heteroatoms. The first-order chi connectivity index (χ1) is 15.6. The van der Waals surface area contributed by atoms with Gasteiger partial charge in [0.15, 0.2) is 0 Å². The number of carbonyl (C=O) groups excluding carboxylic acids is 2. The van der Waals surface area contributed by atoms with Gasteiger partial charge in [-0.2, -0.15) is 0 Å². The summed E-state index contributed by atoms with van der Waals surface area (Å²) in [6, 6.07) is 17.5. The van der Waals surface area contributed by atoms with Crippen LogP contribution in [0.5, 0.6) is 5.75 Å². The van der Waals surface area contributed by atoms with Gasteiger partial charge in [-0.25, -0.2) is 0 Å². The van der Waals surface area contributed by atoms with Gasteiger partial charge in [0.05, 0.1) is 25.5 Å². The second kappa shape index (κ2) is 9.43. The fourth-order valence-corrected chi connectivity index (χ4v) is 3.78. The van der Waals surface area contributed by atoms with Gasteiger partial charge in [-0.05, 0) is 42.3 Å². The SMILES string of the molecule is COc1ccc(C(CNC(=O)CNC(=O)c2ccoc2C)c2c[nH]c3ccccc23)cc1. The molecule has 164 valence electrons. The lowest BCUT2D eigenvalue weighted by Crippen LogP contribution is -2.38. The Bertz CT molecular complexity index is 1220. The van der Waals surface area contributed by atoms with E-state index in [2.05, 4.69) is 21.7 Å². The number of ether oxygens (including phenoxy) is 1. The molecule has 0 bridgehead atoms. The molecule has 2 amide bonds. The lowest BCUT2D eigenvalue weighted by atomic mass is 9.91. The average molecular weight is 431 g/mol. The minimum atomic E-state index is -0.338. The molecule has 3 N–H and O–H groups in total. The van der Waals surface area contributed by atoms with E-state index in [4.69, 9.17) is 9.15 Å². The van der Waals surface area contributed by atoms with Crippen molar-refractivity contribution in [1.82, 2.24) is 15.6 Å². The van der Waals surface area contributed by atoms with Crippen LogP contribution in [-0.2, 0) is 4.79 Å². The summed E-state index contributed by atoms with van der Waals surface area (Å²) in [5.41, 5.74) is 3.60. The standard InChI is InChI=1S/C25H25N3O4/c1-16-19(11-12-32-16)25(30)28-15-24(29)27-13-21(17-7-9-18(31-2)10-8-17)22-14-26-23-6-4-3-5-20(22)23/h3-12,14,21,26H,13,15H2,1-2H3,(H,27,29)(H,28,30). The third-order valence-electron chi connectivity index (χ3n) is 5.53. The Balaban J connectivity index is 1.48. The van der Waals surface area contributed by atoms with Crippen LogP contribution in [0.25, 0.3) is 10.9 Å². The van der Waals surface area contributed by atoms with E-state index in [0.29, 0.717) is 17.9 Å². The first-order valence-corrected chi connectivity index (χ1v) is 10.4. The monoisotopic (exact) mass is 431 g/mol. The van der Waals surface area contributed by atoms with E-state index in [1.807, 2.05) is 48.7 Å². The predicted octanol–water partition coefficient (Wildman–Crippen LogP) is 3.76. The van der Waals surface area contributed by atoms with Gasteiger partial charge < -0.3 is 24.8 Å². The van der Waals surface area contributed by atoms with Crippen molar-refractivity contribution in [3.63, 3.8) is 0 Å². The molecule has 0 saturated heterocycles. The van der Waals surface area contributed by atoms with Gasteiger partial charge in [-0.3, -0.25) is 9.59 Å². The molecule has 1 atom stereocenters. The smallest absolute Gasteiger partial charge is 0.255 e. The quantitative estimate of drug-likeness (QED) is 0.396. The Labute approximate surface area is 185 Å². The zero-order chi connectivity index (χ0) is 22.5. The Morgan fingerprint density at radius 1 is 1.06 bits per heavy atom. The highest BCUT2D eigenvalue weighted by molar-refractivity contribution is 5.97. The summed E-state index contributed by atoms with van der Waals surface area (Å²) in [6.07, 6.45) is 3.43. The van der Waals surface area contributed by atoms with Crippen LogP contribution < -0.4 is 15.4 Å². The van der Waals surface area contributed by atoms with Crippen LogP contribution in [0.15, 0.2) is 71.5 Å². The van der Waals surface area contributed by atoms with Crippen molar-refractivity contribution >= 4 is 22.7 Å². The highest BCUT2D eigenvalue weighted by Crippen LogP contribution is 2.31. The van der Waals surface area contributed by atoms with Gasteiger partial charge in [0.2, 0.25) is 5.91 Å². The van der Waals surface area contributed by atoms with Gasteiger partial charge in [0, 0.05) is 29.6 Å². The van der Waals surface area contributed by atoms with Crippen LogP contribution in [0, 0.1) is 6.92 Å². The van der Waals surface area contributed by atoms with Crippen molar-refractivity contribution in [2.75, 3.05) is 20.2 Å². The number of para-hydroxylation sites is 1. The van der Waals surface area contributed by atoms with E-state index in [9.17, 15) is 9.59 Å². The molecule has 0 aliphatic heterocycles. The second-order valence-corrected chi connectivity index (χ2v) is 7.49. The molecule has 2 aromatic heterocycles. The van der Waals surface area contributed by atoms with E-state index < -0.39 is 0 Å². The summed E-state index contributed by atoms with van der Waals surface area (Å²) in [4.78, 5) is 28.0. The van der Waals surface area contributed by atoms with Crippen LogP contribution in [0.1, 0.15) is 33.2 Å². The van der Waals surface area contributed by atoms with Crippen LogP contribution in [0.4, 0.5) is 0 Å². The minimum absolute atomic E-state index is 0.0761. The largest absolute Gasteiger partial charge is 0.497 e. The molecule has 0 radical (unpaired) electrons. The number of amides is 2. The molecule has 0 fully saturated rings. The Hall–Kier alpha value is -4.00. The van der Waals surface area contributed by atoms with Crippen molar-refractivity contribution in [3.05, 3.63) is 89.5 Å². The number of furan rings is 1. The highest BCUT2D eigenvalue weighted by atomic mass is 16.5. The molecule has 0 spiro atoms. The zero-order valence-electron chi connectivity index (χ0n) is 18.0. The van der Waals surface area contributed by atoms with Gasteiger partial charge in [-0.15, -0.1) is 0 Å². The number of hydrogen-bond donors (Lipinski definition) is 3. The maximum Gasteiger partial charge on any atom is 0.255 e. The molecule has 0 aliphatic carbocycles. The van der Waals surface area contributed by atoms with E-state index >= 15 is 0 Å². The molecule has 1 unspecified atom stereocenters. The summed E-state index contributed by atoms with van der Waals surface area (Å²) < 4.78 is 10.4. The van der Waals surface area contributed by atoms with Crippen molar-refractivity contribution in [2.45, 2.75) is 12.8 Å². The van der Waals surface area contributed by atoms with Crippen LogP contribution in [0.3, 0.4) is 0 Å². The molecule has 4 aromatic rings. The summed E-state index contributed by atoms with van der Waals surface area (Å²) in [6.45, 7) is 1.97. The number of hydrogen-bond acceptors (Lipinski definition) is 4. The maximum atomic E-state index is 12.5. The van der Waals surface area contributed by atoms with Crippen molar-refractivity contribution in [2.24, 2.45) is 0 Å². The topological polar surface area (TPSA) is 96.4 Å². The molecular weight excluding hydrogens is 406 g/mol. The van der Waals surface area contributed by atoms with Crippen molar-refractivity contribution in [1.29, 1.82) is 0 Å². The Morgan fingerprint density at radius 2 is 1.84 bits per heavy atom. The number of aromatic nitrogens is 1. The minimum Gasteiger partial charge on any atom is -0.497 e. The van der Waals surface area contributed by atoms with Gasteiger partial charge in [-0.1, -0.05) is 30.3 Å². The molecule has 7 nitrogen and oxygen atoms in total. The maximum absolute atomic E-state index is 12.5. The first-order valence-electron chi connectivity index (χ1n) is 10.4. The lowest BCUT2D eigenvalue weighted by molar-refractivity contribution is -0.120. The first kappa shape index (κ1) is 21.2. The summed E-state index contributed by atoms with van der Waals surface area (Å²) in [5.74, 6) is 0.606. The van der Waals surface area contributed by atoms with E-state index in [0.717, 1.165) is 27.8 Å². The van der Waals surface area contributed by atoms with Crippen LogP contribution in [0.2, 0.25) is 0 Å². The van der Waals surface area contributed by atoms with Crippen molar-refractivity contribution in [3.8, 4) is 5.75 Å². The number of aromatic amines is 1. The van der Waals surface area contributed by atoms with Crippen LogP contribution >= 0.6 is 0 Å². The average Bonchev–Trinajstić information content (AvgIpc) is 3.44. The number of nitrogens with one attached hydrogen (secondary N) is 3. The third kappa shape index (κ3) is 4.51. The number of carbonyl (C=O) groups is 2. The van der Waals surface area contributed by atoms with Gasteiger partial charge >= 0.3 is 0 Å². The molecular formula is C25H25N3O4. The van der Waals surface area contributed by atoms with E-state index in [-0.39, 0.29) is 24.3 Å². The second-order valence-electron chi connectivity index (χ2n) is 7.49. The molecule has 32 heavy (non-hydrogen) atoms. The fourth-order valence-electron chi connectivity index (χ4n) is 3.78. The normalized spacial score (nSPS) is 11.8. The summed E-state index contributed by atoms with van der Waals surface area (Å²) >= 11 is 0. The molecule has 2 heterocycles. The zero-order valence-corrected chi connectivity index (χ0v) is 18.0. The number of methoxy groups -OCH3 is 1. The number of rotatable bonds is 8. The molecule has 4 rings (SSSR count). The lowest BCUT2D eigenvalue weighted by Gasteiger charge is -2.19. The molecule has 0 aliphatic rings. The van der Waals surface area contributed by atoms with Crippen LogP contribution in [-0.4, -0.2) is 37.0 Å². The molecule has 2 aromatic carbocycles.